The molecule has 0 fully saturated rings. The third kappa shape index (κ3) is 4.32. The summed E-state index contributed by atoms with van der Waals surface area (Å²) in [4.78, 5) is 0. The van der Waals surface area contributed by atoms with Gasteiger partial charge in [-0.25, -0.2) is 0 Å². The van der Waals surface area contributed by atoms with Gasteiger partial charge in [0.1, 0.15) is 0 Å². The van der Waals surface area contributed by atoms with Crippen LogP contribution < -0.4 is 15.9 Å². The van der Waals surface area contributed by atoms with Crippen molar-refractivity contribution < 1.29 is 26.3 Å². The van der Waals surface area contributed by atoms with Crippen LogP contribution in [0.2, 0.25) is 0 Å². The highest BCUT2D eigenvalue weighted by Gasteiger charge is 2.40. The molecule has 152 valence electrons. The zero-order valence-electron chi connectivity index (χ0n) is 15.6. The van der Waals surface area contributed by atoms with Crippen molar-refractivity contribution in [3.05, 3.63) is 89.0 Å². The van der Waals surface area contributed by atoms with Crippen LogP contribution in [0.4, 0.5) is 26.3 Å². The fourth-order valence-electron chi connectivity index (χ4n) is 3.18. The Bertz CT molecular complexity index is 963. The summed E-state index contributed by atoms with van der Waals surface area (Å²) >= 11 is 0. The summed E-state index contributed by atoms with van der Waals surface area (Å²) in [5.41, 5.74) is -0.329. The van der Waals surface area contributed by atoms with Gasteiger partial charge in [0.05, 0.1) is 11.1 Å². The van der Waals surface area contributed by atoms with E-state index in [1.54, 1.807) is 32.0 Å². The molecule has 29 heavy (non-hydrogen) atoms. The Balaban J connectivity index is 2.40. The van der Waals surface area contributed by atoms with Gasteiger partial charge in [0.25, 0.3) is 0 Å². The molecule has 0 heterocycles. The second-order valence-corrected chi connectivity index (χ2v) is 8.70. The van der Waals surface area contributed by atoms with Crippen LogP contribution in [-0.4, -0.2) is 0 Å². The summed E-state index contributed by atoms with van der Waals surface area (Å²) in [7, 11) is -2.09. The van der Waals surface area contributed by atoms with Crippen LogP contribution in [0.1, 0.15) is 22.3 Å². The third-order valence-electron chi connectivity index (χ3n) is 4.72. The van der Waals surface area contributed by atoms with Crippen molar-refractivity contribution >= 4 is 23.8 Å². The zero-order valence-corrected chi connectivity index (χ0v) is 16.5. The SMILES string of the molecule is Cc1cccc(P(c2ccccc2C(F)(F)F)c2ccccc2C(F)(F)F)c1C. The quantitative estimate of drug-likeness (QED) is 0.351. The van der Waals surface area contributed by atoms with Crippen molar-refractivity contribution in [3.8, 4) is 0 Å². The van der Waals surface area contributed by atoms with Crippen LogP contribution in [0.15, 0.2) is 66.7 Å². The lowest BCUT2D eigenvalue weighted by Gasteiger charge is -2.27. The van der Waals surface area contributed by atoms with Crippen LogP contribution in [0.3, 0.4) is 0 Å². The molecule has 0 aliphatic heterocycles. The molecule has 0 aliphatic carbocycles. The molecule has 0 aromatic heterocycles. The molecule has 0 unspecified atom stereocenters. The largest absolute Gasteiger partial charge is 0.417 e. The van der Waals surface area contributed by atoms with Gasteiger partial charge in [-0.3, -0.25) is 0 Å². The van der Waals surface area contributed by atoms with Crippen molar-refractivity contribution in [1.82, 2.24) is 0 Å². The highest BCUT2D eigenvalue weighted by Crippen LogP contribution is 2.43. The first kappa shape index (κ1) is 21.4. The lowest BCUT2D eigenvalue weighted by Crippen LogP contribution is -2.31. The van der Waals surface area contributed by atoms with E-state index >= 15 is 0 Å². The number of hydrogen-bond donors (Lipinski definition) is 0. The molecule has 3 aromatic rings. The molecule has 0 spiro atoms. The van der Waals surface area contributed by atoms with Crippen molar-refractivity contribution in [1.29, 1.82) is 0 Å². The van der Waals surface area contributed by atoms with Gasteiger partial charge in [0.2, 0.25) is 0 Å². The molecular formula is C22H17F6P. The minimum absolute atomic E-state index is 0.139. The van der Waals surface area contributed by atoms with Crippen molar-refractivity contribution in [2.24, 2.45) is 0 Å². The summed E-state index contributed by atoms with van der Waals surface area (Å²) < 4.78 is 82.5. The van der Waals surface area contributed by atoms with E-state index in [9.17, 15) is 26.3 Å². The number of benzene rings is 3. The standard InChI is InChI=1S/C22H17F6P/c1-14-8-7-13-18(15(14)2)29(19-11-5-3-9-16(19)21(23,24)25)20-12-6-4-10-17(20)22(26,27)28/h3-13H,1-2H3. The van der Waals surface area contributed by atoms with E-state index < -0.39 is 31.4 Å². The normalized spacial score (nSPS) is 12.4. The molecule has 0 nitrogen and oxygen atoms in total. The maximum Gasteiger partial charge on any atom is 0.417 e. The summed E-state index contributed by atoms with van der Waals surface area (Å²) in [5, 5.41) is 0.203. The smallest absolute Gasteiger partial charge is 0.166 e. The average molecular weight is 426 g/mol. The molecular weight excluding hydrogens is 409 g/mol. The monoisotopic (exact) mass is 426 g/mol. The van der Waals surface area contributed by atoms with E-state index in [0.717, 1.165) is 17.7 Å². The topological polar surface area (TPSA) is 0 Å². The predicted molar refractivity (Wildman–Crippen MR) is 105 cm³/mol. The molecule has 0 radical (unpaired) electrons. The molecule has 0 N–H and O–H groups in total. The molecule has 0 saturated heterocycles. The maximum absolute atomic E-state index is 13.7. The molecule has 0 saturated carbocycles. The van der Waals surface area contributed by atoms with Gasteiger partial charge in [0, 0.05) is 0 Å². The van der Waals surface area contributed by atoms with Gasteiger partial charge in [-0.05, 0) is 60.9 Å². The van der Waals surface area contributed by atoms with E-state index in [1.807, 2.05) is 0 Å². The Hall–Kier alpha value is -2.33. The molecule has 0 amide bonds. The fraction of sp³-hybridized carbons (Fsp3) is 0.182. The van der Waals surface area contributed by atoms with Gasteiger partial charge in [0.15, 0.2) is 0 Å². The van der Waals surface area contributed by atoms with E-state index in [2.05, 4.69) is 0 Å². The van der Waals surface area contributed by atoms with Crippen LogP contribution in [-0.2, 0) is 12.4 Å². The molecule has 7 heteroatoms. The minimum atomic E-state index is -4.68. The van der Waals surface area contributed by atoms with Gasteiger partial charge in [-0.2, -0.15) is 26.3 Å². The highest BCUT2D eigenvalue weighted by atomic mass is 31.1. The first-order valence-corrected chi connectivity index (χ1v) is 10.0. The lowest BCUT2D eigenvalue weighted by atomic mass is 10.1. The number of rotatable bonds is 3. The van der Waals surface area contributed by atoms with Gasteiger partial charge < -0.3 is 0 Å². The van der Waals surface area contributed by atoms with Crippen LogP contribution in [0, 0.1) is 13.8 Å². The van der Waals surface area contributed by atoms with Gasteiger partial charge in [-0.15, -0.1) is 0 Å². The first-order valence-electron chi connectivity index (χ1n) is 8.70. The van der Waals surface area contributed by atoms with E-state index in [4.69, 9.17) is 0 Å². The predicted octanol–water partition coefficient (Wildman–Crippen LogP) is 6.10. The second-order valence-electron chi connectivity index (χ2n) is 6.58. The summed E-state index contributed by atoms with van der Waals surface area (Å²) in [6, 6.07) is 14.8. The second kappa shape index (κ2) is 7.83. The number of aryl methyl sites for hydroxylation is 1. The fourth-order valence-corrected chi connectivity index (χ4v) is 6.06. The molecule has 0 atom stereocenters. The Morgan fingerprint density at radius 2 is 0.966 bits per heavy atom. The Morgan fingerprint density at radius 3 is 1.41 bits per heavy atom. The van der Waals surface area contributed by atoms with Gasteiger partial charge >= 0.3 is 12.4 Å². The number of alkyl halides is 6. The van der Waals surface area contributed by atoms with Crippen LogP contribution in [0.5, 0.6) is 0 Å². The average Bonchev–Trinajstić information content (AvgIpc) is 2.64. The van der Waals surface area contributed by atoms with Crippen molar-refractivity contribution in [3.63, 3.8) is 0 Å². The molecule has 0 bridgehead atoms. The van der Waals surface area contributed by atoms with Crippen molar-refractivity contribution in [2.45, 2.75) is 26.2 Å². The summed E-state index contributed by atoms with van der Waals surface area (Å²) in [5.74, 6) is 0. The summed E-state index contributed by atoms with van der Waals surface area (Å²) in [6.45, 7) is 3.52. The number of hydrogen-bond acceptors (Lipinski definition) is 0. The minimum Gasteiger partial charge on any atom is -0.166 e. The number of halogens is 6. The Morgan fingerprint density at radius 1 is 0.552 bits per heavy atom. The zero-order chi connectivity index (χ0) is 21.4. The van der Waals surface area contributed by atoms with Crippen LogP contribution >= 0.6 is 7.92 Å². The van der Waals surface area contributed by atoms with E-state index in [0.29, 0.717) is 10.9 Å². The Kier molecular flexibility index (Phi) is 5.77. The van der Waals surface area contributed by atoms with Crippen LogP contribution in [0.25, 0.3) is 0 Å². The lowest BCUT2D eigenvalue weighted by molar-refractivity contribution is -0.137. The van der Waals surface area contributed by atoms with Gasteiger partial charge in [-0.1, -0.05) is 54.6 Å². The van der Waals surface area contributed by atoms with Crippen molar-refractivity contribution in [2.75, 3.05) is 0 Å². The third-order valence-corrected chi connectivity index (χ3v) is 7.43. The van der Waals surface area contributed by atoms with E-state index in [-0.39, 0.29) is 10.6 Å². The van der Waals surface area contributed by atoms with E-state index in [1.165, 1.54) is 36.4 Å². The Labute approximate surface area is 165 Å². The molecule has 3 rings (SSSR count). The molecule has 3 aromatic carbocycles. The summed E-state index contributed by atoms with van der Waals surface area (Å²) in [6.07, 6.45) is -9.36. The maximum atomic E-state index is 13.7. The molecule has 0 aliphatic rings. The highest BCUT2D eigenvalue weighted by molar-refractivity contribution is 7.80. The first-order chi connectivity index (χ1) is 13.5.